The Balaban J connectivity index is 1.87. The van der Waals surface area contributed by atoms with Crippen molar-refractivity contribution in [2.75, 3.05) is 12.9 Å². The van der Waals surface area contributed by atoms with Crippen LogP contribution in [0.5, 0.6) is 0 Å². The Bertz CT molecular complexity index is 871. The Morgan fingerprint density at radius 1 is 1.31 bits per heavy atom. The third-order valence-corrected chi connectivity index (χ3v) is 6.67. The van der Waals surface area contributed by atoms with Gasteiger partial charge in [-0.1, -0.05) is 30.3 Å². The average molecular weight is 437 g/mol. The fraction of sp³-hybridized carbons (Fsp3) is 0.368. The van der Waals surface area contributed by atoms with E-state index >= 15 is 0 Å². The van der Waals surface area contributed by atoms with Gasteiger partial charge in [-0.2, -0.15) is 0 Å². The van der Waals surface area contributed by atoms with Gasteiger partial charge in [0.15, 0.2) is 16.7 Å². The quantitative estimate of drug-likeness (QED) is 0.387. The Kier molecular flexibility index (Phi) is 6.66. The molecule has 1 fully saturated rings. The van der Waals surface area contributed by atoms with Gasteiger partial charge in [-0.3, -0.25) is 19.3 Å². The molecule has 2 aliphatic heterocycles. The van der Waals surface area contributed by atoms with Crippen molar-refractivity contribution in [3.63, 3.8) is 0 Å². The zero-order valence-corrected chi connectivity index (χ0v) is 17.3. The summed E-state index contributed by atoms with van der Waals surface area (Å²) in [5.74, 6) is -2.24. The first-order valence-corrected chi connectivity index (χ1v) is 10.6. The van der Waals surface area contributed by atoms with Gasteiger partial charge in [0.25, 0.3) is 5.91 Å². The van der Waals surface area contributed by atoms with E-state index in [4.69, 9.17) is 9.47 Å². The minimum absolute atomic E-state index is 0.100. The maximum Gasteiger partial charge on any atom is 0.352 e. The van der Waals surface area contributed by atoms with Gasteiger partial charge >= 0.3 is 11.9 Å². The van der Waals surface area contributed by atoms with Crippen molar-refractivity contribution in [2.45, 2.75) is 30.3 Å². The number of fused-ring (bicyclic) bond motifs is 1. The van der Waals surface area contributed by atoms with Crippen molar-refractivity contribution in [3.8, 4) is 0 Å². The molecule has 8 nitrogen and oxygen atoms in total. The topological polar surface area (TPSA) is 110 Å². The second kappa shape index (κ2) is 9.02. The molecule has 3 atom stereocenters. The maximum atomic E-state index is 12.5. The Morgan fingerprint density at radius 3 is 2.59 bits per heavy atom. The van der Waals surface area contributed by atoms with Gasteiger partial charge in [0, 0.05) is 31.8 Å². The van der Waals surface area contributed by atoms with Crippen LogP contribution in [0.25, 0.3) is 0 Å². The molecule has 1 N–H and O–H groups in total. The number of methoxy groups -OCH3 is 1. The number of rotatable bonds is 7. The number of benzene rings is 1. The van der Waals surface area contributed by atoms with Crippen LogP contribution in [-0.2, 0) is 35.1 Å². The molecule has 1 aromatic rings. The SMILES string of the molecule is CO[C@H]1C(=O)N2C(C(=O)O)=C(C(OC(C)=O)SC(=O)Cc3ccccc3)CS[C@H]12. The number of carboxylic acid groups (broad SMARTS) is 1. The normalized spacial score (nSPS) is 21.9. The first-order valence-electron chi connectivity index (χ1n) is 8.68. The van der Waals surface area contributed by atoms with Crippen molar-refractivity contribution in [1.29, 1.82) is 0 Å². The van der Waals surface area contributed by atoms with Crippen LogP contribution in [0.3, 0.4) is 0 Å². The molecule has 0 bridgehead atoms. The molecule has 0 saturated carbocycles. The molecule has 29 heavy (non-hydrogen) atoms. The van der Waals surface area contributed by atoms with E-state index in [1.807, 2.05) is 18.2 Å². The van der Waals surface area contributed by atoms with Gasteiger partial charge in [-0.05, 0) is 17.3 Å². The second-order valence-corrected chi connectivity index (χ2v) is 8.56. The molecule has 1 saturated heterocycles. The highest BCUT2D eigenvalue weighted by molar-refractivity contribution is 8.14. The number of amides is 1. The highest BCUT2D eigenvalue weighted by atomic mass is 32.2. The molecular weight excluding hydrogens is 418 g/mol. The van der Waals surface area contributed by atoms with Gasteiger partial charge in [0.05, 0.1) is 0 Å². The van der Waals surface area contributed by atoms with E-state index in [0.717, 1.165) is 22.2 Å². The van der Waals surface area contributed by atoms with E-state index in [-0.39, 0.29) is 28.6 Å². The molecule has 2 heterocycles. The maximum absolute atomic E-state index is 12.5. The molecule has 1 unspecified atom stereocenters. The molecule has 3 rings (SSSR count). The summed E-state index contributed by atoms with van der Waals surface area (Å²) in [4.78, 5) is 49.5. The number of thioether (sulfide) groups is 2. The van der Waals surface area contributed by atoms with Gasteiger partial charge in [-0.25, -0.2) is 4.79 Å². The molecule has 154 valence electrons. The molecule has 1 aromatic carbocycles. The molecule has 0 spiro atoms. The number of carbonyl (C=O) groups is 4. The molecule has 2 aliphatic rings. The fourth-order valence-electron chi connectivity index (χ4n) is 3.11. The summed E-state index contributed by atoms with van der Waals surface area (Å²) in [7, 11) is 1.39. The van der Waals surface area contributed by atoms with E-state index in [9.17, 15) is 24.3 Å². The van der Waals surface area contributed by atoms with E-state index in [1.54, 1.807) is 12.1 Å². The smallest absolute Gasteiger partial charge is 0.352 e. The average Bonchev–Trinajstić information content (AvgIpc) is 2.67. The number of esters is 1. The monoisotopic (exact) mass is 437 g/mol. The number of ether oxygens (including phenoxy) is 2. The fourth-order valence-corrected chi connectivity index (χ4v) is 5.63. The predicted molar refractivity (Wildman–Crippen MR) is 107 cm³/mol. The first kappa shape index (κ1) is 21.4. The van der Waals surface area contributed by atoms with Crippen LogP contribution in [0.2, 0.25) is 0 Å². The molecular formula is C19H19NO7S2. The van der Waals surface area contributed by atoms with E-state index < -0.39 is 34.8 Å². The van der Waals surface area contributed by atoms with Crippen LogP contribution >= 0.6 is 23.5 Å². The van der Waals surface area contributed by atoms with Crippen LogP contribution in [0.15, 0.2) is 41.6 Å². The third-order valence-electron chi connectivity index (χ3n) is 4.39. The molecule has 0 radical (unpaired) electrons. The number of β-lactam (4-membered cyclic amide) rings is 1. The molecule has 10 heteroatoms. The van der Waals surface area contributed by atoms with Gasteiger partial charge in [0.1, 0.15) is 11.1 Å². The highest BCUT2D eigenvalue weighted by Crippen LogP contribution is 2.44. The number of hydrogen-bond acceptors (Lipinski definition) is 8. The lowest BCUT2D eigenvalue weighted by Crippen LogP contribution is -2.65. The summed E-state index contributed by atoms with van der Waals surface area (Å²) in [6.07, 6.45) is -0.612. The lowest BCUT2D eigenvalue weighted by molar-refractivity contribution is -0.162. The number of carbonyl (C=O) groups excluding carboxylic acids is 3. The Labute approximate surface area is 175 Å². The number of nitrogens with zero attached hydrogens (tertiary/aromatic N) is 1. The summed E-state index contributed by atoms with van der Waals surface area (Å²) >= 11 is 2.05. The van der Waals surface area contributed by atoms with Crippen molar-refractivity contribution in [3.05, 3.63) is 47.2 Å². The van der Waals surface area contributed by atoms with Crippen molar-refractivity contribution < 1.29 is 33.8 Å². The Hall–Kier alpha value is -2.30. The highest BCUT2D eigenvalue weighted by Gasteiger charge is 2.55. The zero-order chi connectivity index (χ0) is 21.1. The zero-order valence-electron chi connectivity index (χ0n) is 15.7. The Morgan fingerprint density at radius 2 is 2.00 bits per heavy atom. The van der Waals surface area contributed by atoms with E-state index in [2.05, 4.69) is 0 Å². The molecule has 0 aromatic heterocycles. The van der Waals surface area contributed by atoms with E-state index in [1.165, 1.54) is 25.8 Å². The summed E-state index contributed by atoms with van der Waals surface area (Å²) in [6.45, 7) is 1.19. The summed E-state index contributed by atoms with van der Waals surface area (Å²) in [5, 5.41) is 8.99. The minimum Gasteiger partial charge on any atom is -0.477 e. The summed E-state index contributed by atoms with van der Waals surface area (Å²) in [5.41, 5.74) is -0.378. The third kappa shape index (κ3) is 4.49. The number of hydrogen-bond donors (Lipinski definition) is 1. The van der Waals surface area contributed by atoms with Crippen molar-refractivity contribution in [1.82, 2.24) is 4.90 Å². The van der Waals surface area contributed by atoms with Crippen molar-refractivity contribution >= 4 is 46.5 Å². The van der Waals surface area contributed by atoms with Crippen LogP contribution < -0.4 is 0 Å². The molecule has 0 aliphatic carbocycles. The number of aliphatic carboxylic acids is 1. The van der Waals surface area contributed by atoms with Crippen LogP contribution in [0.1, 0.15) is 12.5 Å². The molecule has 1 amide bonds. The van der Waals surface area contributed by atoms with Crippen LogP contribution in [0.4, 0.5) is 0 Å². The predicted octanol–water partition coefficient (Wildman–Crippen LogP) is 1.65. The second-order valence-electron chi connectivity index (χ2n) is 6.34. The summed E-state index contributed by atoms with van der Waals surface area (Å²) in [6, 6.07) is 9.04. The lowest BCUT2D eigenvalue weighted by Gasteiger charge is -2.49. The largest absolute Gasteiger partial charge is 0.477 e. The first-order chi connectivity index (χ1) is 13.8. The van der Waals surface area contributed by atoms with Gasteiger partial charge in [0.2, 0.25) is 0 Å². The van der Waals surface area contributed by atoms with E-state index in [0.29, 0.717) is 0 Å². The standard InChI is InChI=1S/C19H19NO7S2/c1-10(21)27-19(29-13(22)8-11-6-4-3-5-7-11)12-9-28-17-15(26-2)16(23)20(17)14(12)18(24)25/h3-7,15,17,19H,8-9H2,1-2H3,(H,24,25)/t15-,17+,19?/m0/s1. The summed E-state index contributed by atoms with van der Waals surface area (Å²) < 4.78 is 10.4. The van der Waals surface area contributed by atoms with Crippen LogP contribution in [-0.4, -0.2) is 62.7 Å². The number of carboxylic acids is 1. The van der Waals surface area contributed by atoms with Crippen molar-refractivity contribution in [2.24, 2.45) is 0 Å². The van der Waals surface area contributed by atoms with Gasteiger partial charge < -0.3 is 14.6 Å². The minimum atomic E-state index is -1.32. The van der Waals surface area contributed by atoms with Gasteiger partial charge in [-0.15, -0.1) is 11.8 Å². The van der Waals surface area contributed by atoms with Crippen LogP contribution in [0, 0.1) is 0 Å². The lowest BCUT2D eigenvalue weighted by atomic mass is 10.1.